The van der Waals surface area contributed by atoms with Crippen LogP contribution in [0.1, 0.15) is 41.4 Å². The summed E-state index contributed by atoms with van der Waals surface area (Å²) in [6.07, 6.45) is 0. The first-order valence-electron chi connectivity index (χ1n) is 47.2. The molecule has 2 heterocycles. The quantitative estimate of drug-likeness (QED) is 0.0222. The minimum absolute atomic E-state index is 0.0720. The molecule has 0 saturated carbocycles. The highest BCUT2D eigenvalue weighted by atomic mass is 16.7. The molecule has 5 aromatic carbocycles. The van der Waals surface area contributed by atoms with Crippen molar-refractivity contribution in [3.63, 3.8) is 0 Å². The Kier molecular flexibility index (Phi) is 71.3. The standard InChI is InChI=1S/C94H150N2O40/c1-101-11-13-103-15-17-105-19-21-107-23-25-109-27-29-111-31-33-113-35-37-115-39-41-117-43-45-119-47-49-121-51-53-123-55-57-125-59-61-127-63-65-129-67-69-131-71-73-133-75-77-135-95-91(97)83-7-3-79-81-5-9-85-90-86(10-6-82(88(81)90)80-4-8-84(92(95)98)89(83)87(79)80)94(100)96(93(85)99)136-78-76-134-74-72-132-70-68-130-66-64-128-62-60-126-58-56-124-54-52-122-50-48-120-46-44-118-42-40-116-38-36-114-34-32-112-30-28-110-26-24-108-22-20-106-18-16-104-14-12-102-2/h3-10H,11-78H2,1-2H3. The summed E-state index contributed by atoms with van der Waals surface area (Å²) in [5, 5.41) is 6.94. The molecule has 0 radical (unpaired) electrons. The Labute approximate surface area is 797 Å². The van der Waals surface area contributed by atoms with Gasteiger partial charge in [0.2, 0.25) is 0 Å². The van der Waals surface area contributed by atoms with Crippen LogP contribution in [-0.2, 0) is 171 Å². The second-order valence-corrected chi connectivity index (χ2v) is 29.2. The van der Waals surface area contributed by atoms with Gasteiger partial charge in [0.25, 0.3) is 23.6 Å². The predicted octanol–water partition coefficient (Wildman–Crippen LogP) is 4.62. The lowest BCUT2D eigenvalue weighted by molar-refractivity contribution is -0.111. The minimum atomic E-state index is -0.611. The highest BCUT2D eigenvalue weighted by Crippen LogP contribution is 2.46. The number of imide groups is 2. The Bertz CT molecular complexity index is 3390. The summed E-state index contributed by atoms with van der Waals surface area (Å²) in [6.45, 7) is 29.2. The van der Waals surface area contributed by atoms with Crippen LogP contribution in [-0.4, -0.2) is 497 Å². The molecular weight excluding hydrogens is 1800 g/mol. The van der Waals surface area contributed by atoms with Gasteiger partial charge in [-0.3, -0.25) is 28.9 Å². The van der Waals surface area contributed by atoms with Crippen molar-refractivity contribution in [1.82, 2.24) is 10.1 Å². The van der Waals surface area contributed by atoms with Crippen molar-refractivity contribution in [1.29, 1.82) is 0 Å². The number of methoxy groups -OCH3 is 2. The number of hydroxylamine groups is 4. The van der Waals surface area contributed by atoms with Crippen molar-refractivity contribution in [3.8, 4) is 0 Å². The average molecular weight is 1950 g/mol. The van der Waals surface area contributed by atoms with E-state index in [1.807, 2.05) is 24.3 Å². The second-order valence-electron chi connectivity index (χ2n) is 29.2. The zero-order valence-electron chi connectivity index (χ0n) is 79.9. The summed E-state index contributed by atoms with van der Waals surface area (Å²) < 4.78 is 187. The van der Waals surface area contributed by atoms with Crippen LogP contribution in [0, 0.1) is 0 Å². The van der Waals surface area contributed by atoms with E-state index < -0.39 is 23.6 Å². The number of ether oxygens (including phenoxy) is 34. The lowest BCUT2D eigenvalue weighted by atomic mass is 9.82. The number of nitrogens with zero attached hydrogens (tertiary/aromatic N) is 2. The van der Waals surface area contributed by atoms with Crippen LogP contribution in [0.5, 0.6) is 0 Å². The number of hydrogen-bond acceptors (Lipinski definition) is 40. The SMILES string of the molecule is COCCOCCOCCOCCOCCOCCOCCOCCOCCOCCOCCOCCOCCOCCOCCOCCOCCON1C(=O)c2ccc3c4ccc5c6c(ccc(c7ccc(c2c37)C1=O)c64)C(=O)N(OCCOCCOCCOCCOCCOCCOCCOCCOCCOCCOCCOCCOCCOCCOCCOCCOCCOC)C5=O. The van der Waals surface area contributed by atoms with E-state index >= 15 is 0 Å². The van der Waals surface area contributed by atoms with Crippen LogP contribution in [0.25, 0.3) is 43.1 Å². The number of hydrogen-bond donors (Lipinski definition) is 0. The lowest BCUT2D eigenvalue weighted by Crippen LogP contribution is -2.41. The van der Waals surface area contributed by atoms with Crippen molar-refractivity contribution < 1.29 is 190 Å². The third-order valence-corrected chi connectivity index (χ3v) is 19.5. The molecule has 7 rings (SSSR count). The molecule has 776 valence electrons. The Morgan fingerprint density at radius 2 is 0.243 bits per heavy atom. The van der Waals surface area contributed by atoms with E-state index in [1.165, 1.54) is 0 Å². The molecule has 2 aliphatic heterocycles. The number of benzene rings is 5. The third-order valence-electron chi connectivity index (χ3n) is 19.5. The Balaban J connectivity index is 0.574. The van der Waals surface area contributed by atoms with Crippen molar-refractivity contribution in [3.05, 3.63) is 70.8 Å². The summed E-state index contributed by atoms with van der Waals surface area (Å²) in [5.41, 5.74) is 1.17. The van der Waals surface area contributed by atoms with Gasteiger partial charge in [-0.25, -0.2) is 0 Å². The van der Waals surface area contributed by atoms with Gasteiger partial charge in [-0.05, 0) is 56.6 Å². The van der Waals surface area contributed by atoms with Gasteiger partial charge in [0, 0.05) is 25.0 Å². The molecule has 0 fully saturated rings. The van der Waals surface area contributed by atoms with Crippen LogP contribution >= 0.6 is 0 Å². The van der Waals surface area contributed by atoms with Crippen LogP contribution in [0.4, 0.5) is 0 Å². The fraction of sp³-hybridized carbons (Fsp3) is 0.745. The molecule has 136 heavy (non-hydrogen) atoms. The monoisotopic (exact) mass is 1950 g/mol. The van der Waals surface area contributed by atoms with Crippen molar-refractivity contribution in [2.45, 2.75) is 0 Å². The molecular formula is C94H150N2O40. The van der Waals surface area contributed by atoms with Crippen LogP contribution < -0.4 is 0 Å². The van der Waals surface area contributed by atoms with Gasteiger partial charge in [-0.2, -0.15) is 0 Å². The summed E-state index contributed by atoms with van der Waals surface area (Å²) >= 11 is 0. The Morgan fingerprint density at radius 3 is 0.353 bits per heavy atom. The number of amides is 4. The zero-order chi connectivity index (χ0) is 95.6. The van der Waals surface area contributed by atoms with Crippen molar-refractivity contribution in [2.75, 3.05) is 463 Å². The van der Waals surface area contributed by atoms with Gasteiger partial charge in [0.1, 0.15) is 0 Å². The van der Waals surface area contributed by atoms with E-state index in [9.17, 15) is 19.2 Å². The average Bonchev–Trinajstić information content (AvgIpc) is 0.689. The highest BCUT2D eigenvalue weighted by molar-refractivity contribution is 6.41. The maximum atomic E-state index is 14.0. The van der Waals surface area contributed by atoms with E-state index in [4.69, 9.17) is 171 Å². The third kappa shape index (κ3) is 51.8. The van der Waals surface area contributed by atoms with E-state index in [2.05, 4.69) is 0 Å². The van der Waals surface area contributed by atoms with Crippen molar-refractivity contribution in [2.24, 2.45) is 0 Å². The Morgan fingerprint density at radius 1 is 0.140 bits per heavy atom. The van der Waals surface area contributed by atoms with Gasteiger partial charge < -0.3 is 161 Å². The molecule has 0 aromatic heterocycles. The molecule has 0 N–H and O–H groups in total. The largest absolute Gasteiger partial charge is 0.382 e. The molecule has 0 atom stereocenters. The normalized spacial score (nSPS) is 12.9. The first-order valence-corrected chi connectivity index (χ1v) is 47.2. The van der Waals surface area contributed by atoms with E-state index in [0.717, 1.165) is 31.7 Å². The lowest BCUT2D eigenvalue weighted by Gasteiger charge is -2.29. The molecule has 2 aliphatic rings. The highest BCUT2D eigenvalue weighted by Gasteiger charge is 2.38. The number of rotatable bonds is 104. The summed E-state index contributed by atoms with van der Waals surface area (Å²) in [6, 6.07) is 14.0. The molecule has 0 aliphatic carbocycles. The van der Waals surface area contributed by atoms with E-state index in [0.29, 0.717) is 453 Å². The van der Waals surface area contributed by atoms with E-state index in [1.54, 1.807) is 38.5 Å². The fourth-order valence-corrected chi connectivity index (χ4v) is 12.9. The van der Waals surface area contributed by atoms with Crippen LogP contribution in [0.3, 0.4) is 0 Å². The molecule has 0 unspecified atom stereocenters. The summed E-state index contributed by atoms with van der Waals surface area (Å²) in [4.78, 5) is 67.7. The second kappa shape index (κ2) is 82.8. The molecule has 0 bridgehead atoms. The zero-order valence-corrected chi connectivity index (χ0v) is 79.9. The maximum Gasteiger partial charge on any atom is 0.285 e. The molecule has 4 amide bonds. The number of carbonyl (C=O) groups is 4. The molecule has 5 aromatic rings. The first kappa shape index (κ1) is 117. The fourth-order valence-electron chi connectivity index (χ4n) is 12.9. The summed E-state index contributed by atoms with van der Waals surface area (Å²) in [7, 11) is 3.28. The minimum Gasteiger partial charge on any atom is -0.382 e. The first-order chi connectivity index (χ1) is 67.5. The maximum absolute atomic E-state index is 14.0. The smallest absolute Gasteiger partial charge is 0.285 e. The van der Waals surface area contributed by atoms with Crippen molar-refractivity contribution >= 4 is 66.7 Å². The topological polar surface area (TPSA) is 407 Å². The molecule has 42 nitrogen and oxygen atoms in total. The van der Waals surface area contributed by atoms with E-state index in [-0.39, 0.29) is 39.6 Å². The molecule has 0 spiro atoms. The van der Waals surface area contributed by atoms with Gasteiger partial charge in [-0.15, -0.1) is 10.1 Å². The Hall–Kier alpha value is -5.76. The summed E-state index contributed by atoms with van der Waals surface area (Å²) in [5.74, 6) is -2.44. The molecule has 42 heteroatoms. The van der Waals surface area contributed by atoms with Gasteiger partial charge in [0.05, 0.1) is 472 Å². The molecule has 0 saturated heterocycles. The van der Waals surface area contributed by atoms with Crippen LogP contribution in [0.2, 0.25) is 0 Å². The van der Waals surface area contributed by atoms with Gasteiger partial charge >= 0.3 is 0 Å². The predicted molar refractivity (Wildman–Crippen MR) is 491 cm³/mol. The van der Waals surface area contributed by atoms with Gasteiger partial charge in [-0.1, -0.05) is 24.3 Å². The van der Waals surface area contributed by atoms with Crippen LogP contribution in [0.15, 0.2) is 48.5 Å². The number of carbonyl (C=O) groups excluding carboxylic acids is 4. The van der Waals surface area contributed by atoms with Gasteiger partial charge in [0.15, 0.2) is 0 Å². The number of fused-ring (bicyclic) bond motifs is 2.